The van der Waals surface area contributed by atoms with Crippen LogP contribution in [0.4, 0.5) is 4.79 Å². The van der Waals surface area contributed by atoms with Crippen LogP contribution in [0.25, 0.3) is 0 Å². The lowest BCUT2D eigenvalue weighted by atomic mass is 9.84. The van der Waals surface area contributed by atoms with Gasteiger partial charge in [-0.05, 0) is 26.0 Å². The minimum Gasteiger partial charge on any atom is -0.480 e. The minimum absolute atomic E-state index is 0.179. The van der Waals surface area contributed by atoms with Crippen LogP contribution in [0.5, 0.6) is 0 Å². The summed E-state index contributed by atoms with van der Waals surface area (Å²) in [6.45, 7) is 2.57. The lowest BCUT2D eigenvalue weighted by molar-refractivity contribution is -0.137. The number of hydrogen-bond acceptors (Lipinski definition) is 3. The maximum atomic E-state index is 11.8. The number of likely N-dealkylation sites (N-methyl/N-ethyl adjacent to an activating group) is 1. The van der Waals surface area contributed by atoms with E-state index in [1.807, 2.05) is 0 Å². The molecule has 6 heteroatoms. The fourth-order valence-electron chi connectivity index (χ4n) is 1.86. The summed E-state index contributed by atoms with van der Waals surface area (Å²) in [5.74, 6) is -0.981. The Morgan fingerprint density at radius 1 is 1.47 bits per heavy atom. The van der Waals surface area contributed by atoms with E-state index in [0.717, 1.165) is 12.8 Å². The maximum Gasteiger partial charge on any atom is 0.323 e. The number of nitrogens with zero attached hydrogens (tertiary/aromatic N) is 1. The topological polar surface area (TPSA) is 69.6 Å². The molecule has 0 aromatic rings. The van der Waals surface area contributed by atoms with Crippen molar-refractivity contribution >= 4 is 23.8 Å². The number of carboxylic acids is 1. The van der Waals surface area contributed by atoms with Crippen LogP contribution in [0.1, 0.15) is 26.2 Å². The number of carbonyl (C=O) groups is 2. The standard InChI is InChI=1S/C11H20N2O3S/c1-3-13(7-9(14)15)10(16)12-8-11(17-2)5-4-6-11/h3-8H2,1-2H3,(H,12,16)(H,14,15). The molecule has 5 nitrogen and oxygen atoms in total. The summed E-state index contributed by atoms with van der Waals surface area (Å²) < 4.78 is 0.179. The Labute approximate surface area is 106 Å². The smallest absolute Gasteiger partial charge is 0.323 e. The van der Waals surface area contributed by atoms with Crippen molar-refractivity contribution in [3.05, 3.63) is 0 Å². The van der Waals surface area contributed by atoms with E-state index in [1.54, 1.807) is 18.7 Å². The molecular weight excluding hydrogens is 240 g/mol. The van der Waals surface area contributed by atoms with Crippen LogP contribution in [0.2, 0.25) is 0 Å². The van der Waals surface area contributed by atoms with Crippen LogP contribution in [-0.2, 0) is 4.79 Å². The van der Waals surface area contributed by atoms with Crippen molar-refractivity contribution in [2.45, 2.75) is 30.9 Å². The number of urea groups is 1. The Morgan fingerprint density at radius 2 is 2.12 bits per heavy atom. The third kappa shape index (κ3) is 3.80. The summed E-state index contributed by atoms with van der Waals surface area (Å²) in [6, 6.07) is -0.282. The number of amides is 2. The molecule has 1 aliphatic carbocycles. The average molecular weight is 260 g/mol. The second kappa shape index (κ2) is 6.14. The number of carboxylic acid groups (broad SMARTS) is 1. The van der Waals surface area contributed by atoms with Crippen molar-refractivity contribution in [3.63, 3.8) is 0 Å². The van der Waals surface area contributed by atoms with Crippen LogP contribution in [-0.4, -0.2) is 52.6 Å². The highest BCUT2D eigenvalue weighted by Crippen LogP contribution is 2.42. The Morgan fingerprint density at radius 3 is 2.47 bits per heavy atom. The molecule has 98 valence electrons. The molecule has 0 aromatic carbocycles. The summed E-state index contributed by atoms with van der Waals surface area (Å²) >= 11 is 1.78. The van der Waals surface area contributed by atoms with Crippen LogP contribution < -0.4 is 5.32 Å². The predicted molar refractivity (Wildman–Crippen MR) is 68.4 cm³/mol. The molecular formula is C11H20N2O3S. The van der Waals surface area contributed by atoms with Gasteiger partial charge in [-0.3, -0.25) is 4.79 Å². The van der Waals surface area contributed by atoms with Crippen molar-refractivity contribution in [1.29, 1.82) is 0 Å². The average Bonchev–Trinajstić information content (AvgIpc) is 2.24. The molecule has 17 heavy (non-hydrogen) atoms. The van der Waals surface area contributed by atoms with Gasteiger partial charge in [0.1, 0.15) is 6.54 Å². The molecule has 0 bridgehead atoms. The molecule has 0 saturated heterocycles. The quantitative estimate of drug-likeness (QED) is 0.757. The van der Waals surface area contributed by atoms with E-state index in [-0.39, 0.29) is 17.3 Å². The largest absolute Gasteiger partial charge is 0.480 e. The monoisotopic (exact) mass is 260 g/mol. The number of aliphatic carboxylic acids is 1. The molecule has 0 heterocycles. The van der Waals surface area contributed by atoms with Gasteiger partial charge in [0, 0.05) is 17.8 Å². The van der Waals surface area contributed by atoms with Crippen molar-refractivity contribution in [2.75, 3.05) is 25.9 Å². The van der Waals surface area contributed by atoms with Gasteiger partial charge >= 0.3 is 12.0 Å². The van der Waals surface area contributed by atoms with E-state index in [1.165, 1.54) is 11.3 Å². The molecule has 0 aliphatic heterocycles. The van der Waals surface area contributed by atoms with E-state index in [9.17, 15) is 9.59 Å². The van der Waals surface area contributed by atoms with E-state index in [2.05, 4.69) is 11.6 Å². The summed E-state index contributed by atoms with van der Waals surface area (Å²) in [5.41, 5.74) is 0. The van der Waals surface area contributed by atoms with Gasteiger partial charge in [-0.25, -0.2) is 4.79 Å². The van der Waals surface area contributed by atoms with Gasteiger partial charge in [0.15, 0.2) is 0 Å². The highest BCUT2D eigenvalue weighted by Gasteiger charge is 2.36. The fraction of sp³-hybridized carbons (Fsp3) is 0.818. The molecule has 2 amide bonds. The molecule has 2 N–H and O–H groups in total. The summed E-state index contributed by atoms with van der Waals surface area (Å²) in [5, 5.41) is 11.5. The van der Waals surface area contributed by atoms with Gasteiger partial charge < -0.3 is 15.3 Å². The molecule has 1 fully saturated rings. The number of thioether (sulfide) groups is 1. The molecule has 0 aromatic heterocycles. The number of rotatable bonds is 6. The molecule has 0 unspecified atom stereocenters. The Hall–Kier alpha value is -0.910. The first kappa shape index (κ1) is 14.2. The highest BCUT2D eigenvalue weighted by molar-refractivity contribution is 8.00. The Kier molecular flexibility index (Phi) is 5.11. The number of carbonyl (C=O) groups excluding carboxylic acids is 1. The van der Waals surface area contributed by atoms with E-state index in [0.29, 0.717) is 13.1 Å². The zero-order chi connectivity index (χ0) is 12.9. The summed E-state index contributed by atoms with van der Waals surface area (Å²) in [6.07, 6.45) is 5.52. The van der Waals surface area contributed by atoms with Crippen LogP contribution in [0.3, 0.4) is 0 Å². The lowest BCUT2D eigenvalue weighted by Crippen LogP contribution is -2.50. The molecule has 1 rings (SSSR count). The van der Waals surface area contributed by atoms with Crippen LogP contribution in [0, 0.1) is 0 Å². The van der Waals surface area contributed by atoms with Crippen molar-refractivity contribution in [1.82, 2.24) is 10.2 Å². The van der Waals surface area contributed by atoms with Gasteiger partial charge in [-0.1, -0.05) is 6.42 Å². The Balaban J connectivity index is 2.39. The zero-order valence-electron chi connectivity index (χ0n) is 10.4. The lowest BCUT2D eigenvalue weighted by Gasteiger charge is -2.40. The van der Waals surface area contributed by atoms with Crippen LogP contribution >= 0.6 is 11.8 Å². The fourth-order valence-corrected chi connectivity index (χ4v) is 2.78. The normalized spacial score (nSPS) is 17.1. The first-order valence-corrected chi connectivity index (χ1v) is 7.05. The third-order valence-corrected chi connectivity index (χ3v) is 4.67. The number of hydrogen-bond donors (Lipinski definition) is 2. The predicted octanol–water partition coefficient (Wildman–Crippen LogP) is 1.39. The van der Waals surface area contributed by atoms with E-state index < -0.39 is 5.97 Å². The van der Waals surface area contributed by atoms with Gasteiger partial charge in [-0.2, -0.15) is 11.8 Å². The van der Waals surface area contributed by atoms with Crippen molar-refractivity contribution < 1.29 is 14.7 Å². The van der Waals surface area contributed by atoms with Gasteiger partial charge in [0.25, 0.3) is 0 Å². The SMILES string of the molecule is CCN(CC(=O)O)C(=O)NCC1(SC)CCC1. The highest BCUT2D eigenvalue weighted by atomic mass is 32.2. The van der Waals surface area contributed by atoms with E-state index in [4.69, 9.17) is 5.11 Å². The second-order valence-corrected chi connectivity index (χ2v) is 5.58. The molecule has 1 saturated carbocycles. The van der Waals surface area contributed by atoms with Crippen molar-refractivity contribution in [3.8, 4) is 0 Å². The summed E-state index contributed by atoms with van der Waals surface area (Å²) in [7, 11) is 0. The van der Waals surface area contributed by atoms with Gasteiger partial charge in [-0.15, -0.1) is 0 Å². The number of nitrogens with one attached hydrogen (secondary N) is 1. The zero-order valence-corrected chi connectivity index (χ0v) is 11.2. The molecule has 0 spiro atoms. The third-order valence-electron chi connectivity index (χ3n) is 3.25. The van der Waals surface area contributed by atoms with Crippen molar-refractivity contribution in [2.24, 2.45) is 0 Å². The minimum atomic E-state index is -0.981. The van der Waals surface area contributed by atoms with E-state index >= 15 is 0 Å². The summed E-state index contributed by atoms with van der Waals surface area (Å²) in [4.78, 5) is 23.6. The molecule has 0 radical (unpaired) electrons. The Bertz CT molecular complexity index is 287. The van der Waals surface area contributed by atoms with Crippen LogP contribution in [0.15, 0.2) is 0 Å². The first-order chi connectivity index (χ1) is 8.03. The molecule has 0 atom stereocenters. The first-order valence-electron chi connectivity index (χ1n) is 5.83. The molecule has 1 aliphatic rings. The second-order valence-electron chi connectivity index (χ2n) is 4.31. The maximum absolute atomic E-state index is 11.8. The van der Waals surface area contributed by atoms with Gasteiger partial charge in [0.2, 0.25) is 0 Å². The van der Waals surface area contributed by atoms with Gasteiger partial charge in [0.05, 0.1) is 0 Å².